The molecule has 2 N–H and O–H groups in total. The second-order valence-electron chi connectivity index (χ2n) is 6.78. The highest BCUT2D eigenvalue weighted by molar-refractivity contribution is 5.11. The Morgan fingerprint density at radius 1 is 1.35 bits per heavy atom. The zero-order valence-corrected chi connectivity index (χ0v) is 12.8. The van der Waals surface area contributed by atoms with Crippen molar-refractivity contribution in [3.63, 3.8) is 0 Å². The molecule has 4 atom stereocenters. The number of fused-ring (bicyclic) bond motifs is 2. The summed E-state index contributed by atoms with van der Waals surface area (Å²) in [7, 11) is 2.21. The van der Waals surface area contributed by atoms with Crippen LogP contribution >= 0.6 is 0 Å². The van der Waals surface area contributed by atoms with E-state index >= 15 is 0 Å². The Balaban J connectivity index is 1.63. The van der Waals surface area contributed by atoms with Gasteiger partial charge in [-0.15, -0.1) is 0 Å². The lowest BCUT2D eigenvalue weighted by Crippen LogP contribution is -2.35. The Bertz CT molecular complexity index is 442. The van der Waals surface area contributed by atoms with Gasteiger partial charge < -0.3 is 10.2 Å². The van der Waals surface area contributed by atoms with Crippen LogP contribution in [0.2, 0.25) is 0 Å². The van der Waals surface area contributed by atoms with Gasteiger partial charge in [-0.3, -0.25) is 4.90 Å². The van der Waals surface area contributed by atoms with E-state index in [0.29, 0.717) is 6.54 Å². The van der Waals surface area contributed by atoms with Crippen molar-refractivity contribution in [2.24, 2.45) is 23.5 Å². The average Bonchev–Trinajstić information content (AvgIpc) is 3.14. The molecule has 3 heteroatoms. The van der Waals surface area contributed by atoms with Crippen LogP contribution in [0.15, 0.2) is 16.5 Å². The van der Waals surface area contributed by atoms with Crippen LogP contribution in [-0.4, -0.2) is 25.0 Å². The molecule has 0 aromatic carbocycles. The quantitative estimate of drug-likeness (QED) is 0.867. The second-order valence-corrected chi connectivity index (χ2v) is 6.78. The minimum absolute atomic E-state index is 0.231. The van der Waals surface area contributed by atoms with Gasteiger partial charge in [0.25, 0.3) is 0 Å². The number of hydrogen-bond donors (Lipinski definition) is 1. The maximum atomic E-state index is 6.00. The Morgan fingerprint density at radius 3 is 2.75 bits per heavy atom. The third-order valence-corrected chi connectivity index (χ3v) is 5.52. The van der Waals surface area contributed by atoms with Crippen LogP contribution in [0.5, 0.6) is 0 Å². The Kier molecular flexibility index (Phi) is 4.18. The molecule has 2 saturated carbocycles. The standard InChI is InChI=1S/C17H28N2O/c1-3-15-6-7-17(20-15)16(10-18)19(2)11-14-9-12-4-5-13(14)8-12/h6-7,12-14,16H,3-5,8-11,18H2,1-2H3. The van der Waals surface area contributed by atoms with Crippen LogP contribution in [-0.2, 0) is 6.42 Å². The molecule has 0 aliphatic heterocycles. The highest BCUT2D eigenvalue weighted by atomic mass is 16.3. The predicted octanol–water partition coefficient (Wildman–Crippen LogP) is 3.21. The molecule has 2 aliphatic carbocycles. The van der Waals surface area contributed by atoms with Crippen molar-refractivity contribution in [1.82, 2.24) is 4.90 Å². The summed E-state index contributed by atoms with van der Waals surface area (Å²) in [6, 6.07) is 4.42. The summed E-state index contributed by atoms with van der Waals surface area (Å²) in [5.74, 6) is 4.98. The van der Waals surface area contributed by atoms with Crippen LogP contribution in [0.3, 0.4) is 0 Å². The lowest BCUT2D eigenvalue weighted by molar-refractivity contribution is 0.160. The molecule has 112 valence electrons. The average molecular weight is 276 g/mol. The first-order chi connectivity index (χ1) is 9.71. The molecule has 20 heavy (non-hydrogen) atoms. The van der Waals surface area contributed by atoms with E-state index in [1.165, 1.54) is 32.2 Å². The van der Waals surface area contributed by atoms with E-state index in [-0.39, 0.29) is 6.04 Å². The van der Waals surface area contributed by atoms with Gasteiger partial charge in [0.15, 0.2) is 0 Å². The fourth-order valence-corrected chi connectivity index (χ4v) is 4.37. The van der Waals surface area contributed by atoms with E-state index < -0.39 is 0 Å². The van der Waals surface area contributed by atoms with E-state index in [9.17, 15) is 0 Å². The first kappa shape index (κ1) is 14.2. The van der Waals surface area contributed by atoms with E-state index in [1.807, 2.05) is 0 Å². The summed E-state index contributed by atoms with van der Waals surface area (Å²) in [5.41, 5.74) is 6.00. The smallest absolute Gasteiger partial charge is 0.122 e. The molecule has 0 amide bonds. The number of nitrogens with zero attached hydrogens (tertiary/aromatic N) is 1. The van der Waals surface area contributed by atoms with Crippen LogP contribution in [0, 0.1) is 17.8 Å². The van der Waals surface area contributed by atoms with Crippen molar-refractivity contribution < 1.29 is 4.42 Å². The second kappa shape index (κ2) is 5.90. The summed E-state index contributed by atoms with van der Waals surface area (Å²) in [6.45, 7) is 3.93. The van der Waals surface area contributed by atoms with Gasteiger partial charge in [0, 0.05) is 19.5 Å². The summed E-state index contributed by atoms with van der Waals surface area (Å²) >= 11 is 0. The van der Waals surface area contributed by atoms with Crippen LogP contribution < -0.4 is 5.73 Å². The summed E-state index contributed by atoms with van der Waals surface area (Å²) in [6.07, 6.45) is 6.80. The van der Waals surface area contributed by atoms with Gasteiger partial charge in [-0.25, -0.2) is 0 Å². The maximum absolute atomic E-state index is 6.00. The third kappa shape index (κ3) is 2.66. The molecule has 1 heterocycles. The molecular formula is C17H28N2O. The normalized spacial score (nSPS) is 30.3. The first-order valence-electron chi connectivity index (χ1n) is 8.20. The molecule has 2 aliphatic rings. The maximum Gasteiger partial charge on any atom is 0.122 e. The van der Waals surface area contributed by atoms with E-state index in [4.69, 9.17) is 10.2 Å². The van der Waals surface area contributed by atoms with Crippen LogP contribution in [0.25, 0.3) is 0 Å². The molecule has 0 spiro atoms. The van der Waals surface area contributed by atoms with E-state index in [2.05, 4.69) is 31.0 Å². The fraction of sp³-hybridized carbons (Fsp3) is 0.765. The lowest BCUT2D eigenvalue weighted by Gasteiger charge is -2.31. The zero-order chi connectivity index (χ0) is 14.1. The molecule has 3 rings (SSSR count). The predicted molar refractivity (Wildman–Crippen MR) is 81.4 cm³/mol. The minimum atomic E-state index is 0.231. The van der Waals surface area contributed by atoms with E-state index in [0.717, 1.165) is 35.7 Å². The van der Waals surface area contributed by atoms with Gasteiger partial charge in [0.05, 0.1) is 6.04 Å². The Hall–Kier alpha value is -0.800. The van der Waals surface area contributed by atoms with Gasteiger partial charge in [-0.2, -0.15) is 0 Å². The van der Waals surface area contributed by atoms with Crippen LogP contribution in [0.4, 0.5) is 0 Å². The number of hydrogen-bond acceptors (Lipinski definition) is 3. The van der Waals surface area contributed by atoms with Crippen molar-refractivity contribution in [3.8, 4) is 0 Å². The first-order valence-corrected chi connectivity index (χ1v) is 8.20. The molecule has 1 aromatic rings. The van der Waals surface area contributed by atoms with Crippen molar-refractivity contribution in [3.05, 3.63) is 23.7 Å². The largest absolute Gasteiger partial charge is 0.464 e. The molecule has 0 radical (unpaired) electrons. The Morgan fingerprint density at radius 2 is 2.20 bits per heavy atom. The molecule has 3 nitrogen and oxygen atoms in total. The van der Waals surface area contributed by atoms with Gasteiger partial charge >= 0.3 is 0 Å². The lowest BCUT2D eigenvalue weighted by atomic mass is 9.88. The SMILES string of the molecule is CCc1ccc(C(CN)N(C)CC2CC3CCC2C3)o1. The topological polar surface area (TPSA) is 42.4 Å². The highest BCUT2D eigenvalue weighted by Gasteiger charge is 2.40. The number of likely N-dealkylation sites (N-methyl/N-ethyl adjacent to an activating group) is 1. The summed E-state index contributed by atoms with van der Waals surface area (Å²) in [4.78, 5) is 2.42. The third-order valence-electron chi connectivity index (χ3n) is 5.52. The van der Waals surface area contributed by atoms with Crippen LogP contribution in [0.1, 0.15) is 50.2 Å². The van der Waals surface area contributed by atoms with Gasteiger partial charge in [-0.1, -0.05) is 13.3 Å². The zero-order valence-electron chi connectivity index (χ0n) is 12.8. The molecular weight excluding hydrogens is 248 g/mol. The molecule has 2 fully saturated rings. The van der Waals surface area contributed by atoms with E-state index in [1.54, 1.807) is 0 Å². The van der Waals surface area contributed by atoms with Crippen molar-refractivity contribution in [1.29, 1.82) is 0 Å². The number of aryl methyl sites for hydroxylation is 1. The summed E-state index contributed by atoms with van der Waals surface area (Å²) < 4.78 is 5.91. The Labute approximate surface area is 122 Å². The van der Waals surface area contributed by atoms with Crippen molar-refractivity contribution in [2.75, 3.05) is 20.1 Å². The molecule has 1 aromatic heterocycles. The summed E-state index contributed by atoms with van der Waals surface area (Å²) in [5, 5.41) is 0. The van der Waals surface area contributed by atoms with Gasteiger partial charge in [-0.05, 0) is 56.2 Å². The molecule has 2 bridgehead atoms. The fourth-order valence-electron chi connectivity index (χ4n) is 4.37. The van der Waals surface area contributed by atoms with Crippen molar-refractivity contribution in [2.45, 2.75) is 45.1 Å². The molecule has 4 unspecified atom stereocenters. The molecule has 0 saturated heterocycles. The highest BCUT2D eigenvalue weighted by Crippen LogP contribution is 2.48. The van der Waals surface area contributed by atoms with Gasteiger partial charge in [0.2, 0.25) is 0 Å². The van der Waals surface area contributed by atoms with Gasteiger partial charge in [0.1, 0.15) is 11.5 Å². The minimum Gasteiger partial charge on any atom is -0.464 e. The number of rotatable bonds is 6. The number of furan rings is 1. The van der Waals surface area contributed by atoms with Crippen molar-refractivity contribution >= 4 is 0 Å². The number of nitrogens with two attached hydrogens (primary N) is 1. The monoisotopic (exact) mass is 276 g/mol.